The van der Waals surface area contributed by atoms with Gasteiger partial charge >= 0.3 is 0 Å². The maximum atomic E-state index is 6.40. The van der Waals surface area contributed by atoms with Crippen LogP contribution >= 0.6 is 22.9 Å². The summed E-state index contributed by atoms with van der Waals surface area (Å²) in [6.07, 6.45) is 1.51. The van der Waals surface area contributed by atoms with E-state index in [9.17, 15) is 0 Å². The number of nitrogens with one attached hydrogen (secondary N) is 2. The van der Waals surface area contributed by atoms with Gasteiger partial charge in [0.05, 0.1) is 11.1 Å². The number of fused-ring (bicyclic) bond motifs is 1. The molecule has 0 fully saturated rings. The average Bonchev–Trinajstić information content (AvgIpc) is 3.05. The Morgan fingerprint density at radius 3 is 3.00 bits per heavy atom. The quantitative estimate of drug-likeness (QED) is 0.773. The van der Waals surface area contributed by atoms with Crippen LogP contribution in [0.25, 0.3) is 10.1 Å². The Balaban J connectivity index is 1.77. The van der Waals surface area contributed by atoms with Gasteiger partial charge in [0.2, 0.25) is 0 Å². The molecule has 3 rings (SSSR count). The summed E-state index contributed by atoms with van der Waals surface area (Å²) in [5.74, 6) is 0.831. The van der Waals surface area contributed by atoms with Crippen LogP contribution in [0.15, 0.2) is 30.6 Å². The van der Waals surface area contributed by atoms with Crippen molar-refractivity contribution in [2.45, 2.75) is 19.5 Å². The molecule has 1 atom stereocenters. The number of hydrogen-bond acceptors (Lipinski definition) is 4. The van der Waals surface area contributed by atoms with Crippen molar-refractivity contribution in [3.05, 3.63) is 46.3 Å². The summed E-state index contributed by atoms with van der Waals surface area (Å²) in [4.78, 5) is 5.28. The summed E-state index contributed by atoms with van der Waals surface area (Å²) in [5, 5.41) is 12.1. The lowest BCUT2D eigenvalue weighted by atomic mass is 10.2. The molecule has 0 aliphatic heterocycles. The van der Waals surface area contributed by atoms with Gasteiger partial charge in [-0.15, -0.1) is 11.3 Å². The van der Waals surface area contributed by atoms with E-state index < -0.39 is 0 Å². The Bertz CT molecular complexity index is 677. The molecule has 98 valence electrons. The Morgan fingerprint density at radius 1 is 1.42 bits per heavy atom. The number of aromatic amines is 1. The van der Waals surface area contributed by atoms with Crippen molar-refractivity contribution in [3.63, 3.8) is 0 Å². The van der Waals surface area contributed by atoms with Crippen molar-refractivity contribution in [2.24, 2.45) is 0 Å². The van der Waals surface area contributed by atoms with Crippen molar-refractivity contribution in [3.8, 4) is 0 Å². The monoisotopic (exact) mass is 292 g/mol. The van der Waals surface area contributed by atoms with E-state index in [2.05, 4.69) is 32.6 Å². The zero-order valence-electron chi connectivity index (χ0n) is 10.4. The Kier molecular flexibility index (Phi) is 3.50. The van der Waals surface area contributed by atoms with E-state index in [0.717, 1.165) is 27.7 Å². The highest BCUT2D eigenvalue weighted by Crippen LogP contribution is 2.35. The first-order valence-electron chi connectivity index (χ1n) is 6.00. The Hall–Kier alpha value is -1.43. The van der Waals surface area contributed by atoms with Crippen LogP contribution in [0, 0.1) is 0 Å². The molecule has 0 aliphatic rings. The molecule has 0 bridgehead atoms. The van der Waals surface area contributed by atoms with Gasteiger partial charge < -0.3 is 5.32 Å². The second-order valence-electron chi connectivity index (χ2n) is 4.31. The van der Waals surface area contributed by atoms with Gasteiger partial charge in [-0.05, 0) is 13.0 Å². The number of H-pyrrole nitrogens is 1. The van der Waals surface area contributed by atoms with Crippen molar-refractivity contribution >= 4 is 33.0 Å². The minimum Gasteiger partial charge on any atom is -0.303 e. The van der Waals surface area contributed by atoms with Gasteiger partial charge in [-0.1, -0.05) is 29.8 Å². The fraction of sp³-hybridized carbons (Fsp3) is 0.231. The topological polar surface area (TPSA) is 53.6 Å². The number of hydrogen-bond donors (Lipinski definition) is 2. The fourth-order valence-electron chi connectivity index (χ4n) is 1.94. The zero-order valence-corrected chi connectivity index (χ0v) is 11.9. The van der Waals surface area contributed by atoms with E-state index in [1.165, 1.54) is 11.0 Å². The predicted molar refractivity (Wildman–Crippen MR) is 78.5 cm³/mol. The smallest absolute Gasteiger partial charge is 0.141 e. The third-order valence-electron chi connectivity index (χ3n) is 3.01. The molecule has 0 saturated heterocycles. The van der Waals surface area contributed by atoms with E-state index in [-0.39, 0.29) is 6.04 Å². The summed E-state index contributed by atoms with van der Waals surface area (Å²) in [7, 11) is 0. The van der Waals surface area contributed by atoms with Crippen LogP contribution in [0.1, 0.15) is 23.7 Å². The Labute approximate surface area is 119 Å². The van der Waals surface area contributed by atoms with Crippen LogP contribution in [-0.2, 0) is 6.54 Å². The second-order valence-corrected chi connectivity index (χ2v) is 5.82. The highest BCUT2D eigenvalue weighted by Gasteiger charge is 2.12. The number of benzene rings is 1. The van der Waals surface area contributed by atoms with E-state index >= 15 is 0 Å². The lowest BCUT2D eigenvalue weighted by Gasteiger charge is -2.09. The molecule has 4 nitrogen and oxygen atoms in total. The first-order chi connectivity index (χ1) is 9.25. The molecule has 2 N–H and O–H groups in total. The normalized spacial score (nSPS) is 12.9. The average molecular weight is 293 g/mol. The lowest BCUT2D eigenvalue weighted by Crippen LogP contribution is -2.18. The summed E-state index contributed by atoms with van der Waals surface area (Å²) in [5.41, 5.74) is 0. The van der Waals surface area contributed by atoms with Gasteiger partial charge in [0.25, 0.3) is 0 Å². The third kappa shape index (κ3) is 2.49. The van der Waals surface area contributed by atoms with E-state index in [4.69, 9.17) is 11.6 Å². The van der Waals surface area contributed by atoms with Gasteiger partial charge in [0.15, 0.2) is 0 Å². The van der Waals surface area contributed by atoms with Crippen LogP contribution in [0.3, 0.4) is 0 Å². The van der Waals surface area contributed by atoms with Gasteiger partial charge in [0, 0.05) is 21.5 Å². The molecule has 1 unspecified atom stereocenters. The summed E-state index contributed by atoms with van der Waals surface area (Å²) >= 11 is 8.12. The van der Waals surface area contributed by atoms with Crippen molar-refractivity contribution in [1.82, 2.24) is 20.5 Å². The standard InChI is InChI=1S/C13H13ClN4S/c1-8(13-16-7-17-18-13)15-6-11-12(14)9-4-2-3-5-10(9)19-11/h2-5,7-8,15H,6H2,1H3,(H,16,17,18). The van der Waals surface area contributed by atoms with Crippen LogP contribution in [0.2, 0.25) is 5.02 Å². The third-order valence-corrected chi connectivity index (χ3v) is 4.73. The van der Waals surface area contributed by atoms with Crippen molar-refractivity contribution < 1.29 is 0 Å². The fourth-order valence-corrected chi connectivity index (χ4v) is 3.39. The van der Waals surface area contributed by atoms with E-state index in [1.807, 2.05) is 19.1 Å². The molecular weight excluding hydrogens is 280 g/mol. The van der Waals surface area contributed by atoms with Crippen LogP contribution < -0.4 is 5.32 Å². The van der Waals surface area contributed by atoms with Gasteiger partial charge in [0.1, 0.15) is 12.2 Å². The summed E-state index contributed by atoms with van der Waals surface area (Å²) in [6.45, 7) is 2.77. The number of rotatable bonds is 4. The first kappa shape index (κ1) is 12.6. The summed E-state index contributed by atoms with van der Waals surface area (Å²) < 4.78 is 1.22. The second kappa shape index (κ2) is 5.28. The maximum Gasteiger partial charge on any atom is 0.141 e. The van der Waals surface area contributed by atoms with Crippen LogP contribution in [0.5, 0.6) is 0 Å². The number of thiophene rings is 1. The van der Waals surface area contributed by atoms with Gasteiger partial charge in [-0.3, -0.25) is 5.10 Å². The number of aromatic nitrogens is 3. The molecule has 6 heteroatoms. The highest BCUT2D eigenvalue weighted by atomic mass is 35.5. The SMILES string of the molecule is CC(NCc1sc2ccccc2c1Cl)c1ncn[nH]1. The molecule has 3 aromatic rings. The molecule has 2 aromatic heterocycles. The molecular formula is C13H13ClN4S. The van der Waals surface area contributed by atoms with Crippen molar-refractivity contribution in [1.29, 1.82) is 0 Å². The minimum atomic E-state index is 0.115. The van der Waals surface area contributed by atoms with Crippen LogP contribution in [0.4, 0.5) is 0 Å². The molecule has 0 saturated carbocycles. The molecule has 0 aliphatic carbocycles. The molecule has 19 heavy (non-hydrogen) atoms. The zero-order chi connectivity index (χ0) is 13.2. The Morgan fingerprint density at radius 2 is 2.26 bits per heavy atom. The highest BCUT2D eigenvalue weighted by molar-refractivity contribution is 7.19. The molecule has 0 spiro atoms. The maximum absolute atomic E-state index is 6.40. The number of halogens is 1. The molecule has 1 aromatic carbocycles. The van der Waals surface area contributed by atoms with Gasteiger partial charge in [-0.2, -0.15) is 5.10 Å². The largest absolute Gasteiger partial charge is 0.303 e. The number of nitrogens with zero attached hydrogens (tertiary/aromatic N) is 2. The summed E-state index contributed by atoms with van der Waals surface area (Å²) in [6, 6.07) is 8.30. The van der Waals surface area contributed by atoms with Crippen LogP contribution in [-0.4, -0.2) is 15.2 Å². The molecule has 0 radical (unpaired) electrons. The molecule has 2 heterocycles. The molecule has 0 amide bonds. The van der Waals surface area contributed by atoms with Crippen molar-refractivity contribution in [2.75, 3.05) is 0 Å². The van der Waals surface area contributed by atoms with E-state index in [0.29, 0.717) is 0 Å². The lowest BCUT2D eigenvalue weighted by molar-refractivity contribution is 0.551. The minimum absolute atomic E-state index is 0.115. The van der Waals surface area contributed by atoms with Gasteiger partial charge in [-0.25, -0.2) is 4.98 Å². The van der Waals surface area contributed by atoms with E-state index in [1.54, 1.807) is 11.3 Å². The first-order valence-corrected chi connectivity index (χ1v) is 7.19. The predicted octanol–water partition coefficient (Wildman–Crippen LogP) is 3.52.